The highest BCUT2D eigenvalue weighted by Crippen LogP contribution is 2.17. The molecular weight excluding hydrogens is 264 g/mol. The largest absolute Gasteiger partial charge is 0.446 e. The summed E-state index contributed by atoms with van der Waals surface area (Å²) in [4.78, 5) is 11.9. The molecule has 116 valence electrons. The number of nitrogens with zero attached hydrogens (tertiary/aromatic N) is 1. The Bertz CT molecular complexity index is 436. The summed E-state index contributed by atoms with van der Waals surface area (Å²) in [7, 11) is 0. The van der Waals surface area contributed by atoms with E-state index in [9.17, 15) is 4.79 Å². The first-order valence-electron chi connectivity index (χ1n) is 8.00. The lowest BCUT2D eigenvalue weighted by Crippen LogP contribution is -2.50. The Kier molecular flexibility index (Phi) is 6.05. The Labute approximate surface area is 127 Å². The van der Waals surface area contributed by atoms with Crippen LogP contribution in [-0.2, 0) is 11.2 Å². The van der Waals surface area contributed by atoms with E-state index in [2.05, 4.69) is 31.4 Å². The highest BCUT2D eigenvalue weighted by Gasteiger charge is 2.34. The molecule has 1 saturated heterocycles. The van der Waals surface area contributed by atoms with E-state index in [0.29, 0.717) is 12.6 Å². The first-order chi connectivity index (χ1) is 10.2. The summed E-state index contributed by atoms with van der Waals surface area (Å²) < 4.78 is 5.22. The molecule has 4 nitrogen and oxygen atoms in total. The maximum atomic E-state index is 11.9. The van der Waals surface area contributed by atoms with Crippen LogP contribution in [0, 0.1) is 0 Å². The number of nitrogens with one attached hydrogen (secondary N) is 1. The number of carbonyl (C=O) groups is 1. The van der Waals surface area contributed by atoms with Gasteiger partial charge in [0.1, 0.15) is 6.61 Å². The second-order valence-corrected chi connectivity index (χ2v) is 5.67. The number of unbranched alkanes of at least 4 members (excludes halogenated alkanes) is 1. The lowest BCUT2D eigenvalue weighted by atomic mass is 10.1. The molecule has 1 amide bonds. The molecule has 0 aliphatic carbocycles. The highest BCUT2D eigenvalue weighted by molar-refractivity contribution is 5.69. The molecule has 1 N–H and O–H groups in total. The first kappa shape index (κ1) is 15.8. The topological polar surface area (TPSA) is 41.6 Å². The van der Waals surface area contributed by atoms with Crippen molar-refractivity contribution in [3.05, 3.63) is 35.9 Å². The molecule has 0 radical (unpaired) electrons. The number of ether oxygens (including phenoxy) is 1. The summed E-state index contributed by atoms with van der Waals surface area (Å²) in [6.07, 6.45) is 5.04. The van der Waals surface area contributed by atoms with E-state index in [1.807, 2.05) is 18.2 Å². The molecule has 0 spiro atoms. The van der Waals surface area contributed by atoms with Crippen molar-refractivity contribution in [3.63, 3.8) is 0 Å². The molecule has 1 heterocycles. The van der Waals surface area contributed by atoms with Crippen LogP contribution < -0.4 is 5.43 Å². The molecule has 0 aromatic heterocycles. The molecule has 1 aromatic rings. The van der Waals surface area contributed by atoms with Gasteiger partial charge in [0, 0.05) is 6.04 Å². The summed E-state index contributed by atoms with van der Waals surface area (Å²) in [6.45, 7) is 4.81. The average Bonchev–Trinajstić information content (AvgIpc) is 2.85. The molecule has 2 atom stereocenters. The van der Waals surface area contributed by atoms with Gasteiger partial charge in [0.2, 0.25) is 0 Å². The minimum absolute atomic E-state index is 0.0792. The van der Waals surface area contributed by atoms with Crippen molar-refractivity contribution < 1.29 is 9.53 Å². The molecule has 21 heavy (non-hydrogen) atoms. The van der Waals surface area contributed by atoms with Crippen LogP contribution in [0.15, 0.2) is 30.3 Å². The van der Waals surface area contributed by atoms with Gasteiger partial charge in [-0.15, -0.1) is 0 Å². The zero-order valence-corrected chi connectivity index (χ0v) is 13.0. The summed E-state index contributed by atoms with van der Waals surface area (Å²) >= 11 is 0. The Morgan fingerprint density at radius 3 is 2.76 bits per heavy atom. The standard InChI is InChI=1S/C17H26N2O2/c1-3-5-11-15(4-2)18-19-16(13-21-17(19)20)12-14-9-7-6-8-10-14/h6-10,15-16,18H,3-5,11-13H2,1-2H3/t15-,16-/m0/s1. The third-order valence-electron chi connectivity index (χ3n) is 4.00. The van der Waals surface area contributed by atoms with E-state index in [-0.39, 0.29) is 12.1 Å². The molecule has 0 unspecified atom stereocenters. The van der Waals surface area contributed by atoms with Crippen LogP contribution in [0.5, 0.6) is 0 Å². The zero-order chi connectivity index (χ0) is 15.1. The van der Waals surface area contributed by atoms with Crippen LogP contribution >= 0.6 is 0 Å². The van der Waals surface area contributed by atoms with Gasteiger partial charge in [-0.05, 0) is 24.8 Å². The normalized spacial score (nSPS) is 19.6. The van der Waals surface area contributed by atoms with E-state index in [4.69, 9.17) is 4.74 Å². The number of hydrogen-bond donors (Lipinski definition) is 1. The fraction of sp³-hybridized carbons (Fsp3) is 0.588. The quantitative estimate of drug-likeness (QED) is 0.796. The maximum absolute atomic E-state index is 11.9. The smallest absolute Gasteiger partial charge is 0.424 e. The van der Waals surface area contributed by atoms with Crippen molar-refractivity contribution in [2.24, 2.45) is 0 Å². The van der Waals surface area contributed by atoms with Crippen molar-refractivity contribution in [3.8, 4) is 0 Å². The van der Waals surface area contributed by atoms with Gasteiger partial charge >= 0.3 is 6.09 Å². The minimum Gasteiger partial charge on any atom is -0.446 e. The van der Waals surface area contributed by atoms with Crippen LogP contribution in [0.3, 0.4) is 0 Å². The van der Waals surface area contributed by atoms with E-state index < -0.39 is 0 Å². The Morgan fingerprint density at radius 2 is 2.10 bits per heavy atom. The van der Waals surface area contributed by atoms with Gasteiger partial charge in [-0.25, -0.2) is 15.2 Å². The Hall–Kier alpha value is -1.55. The maximum Gasteiger partial charge on any atom is 0.424 e. The summed E-state index contributed by atoms with van der Waals surface area (Å²) in [5.41, 5.74) is 4.61. The highest BCUT2D eigenvalue weighted by atomic mass is 16.6. The van der Waals surface area contributed by atoms with Gasteiger partial charge in [-0.3, -0.25) is 0 Å². The number of hydrazine groups is 1. The molecule has 0 saturated carbocycles. The van der Waals surface area contributed by atoms with Gasteiger partial charge in [0.15, 0.2) is 0 Å². The molecule has 2 rings (SSSR count). The predicted octanol–water partition coefficient (Wildman–Crippen LogP) is 3.52. The second kappa shape index (κ2) is 8.03. The Balaban J connectivity index is 1.96. The third kappa shape index (κ3) is 4.46. The van der Waals surface area contributed by atoms with E-state index in [1.165, 1.54) is 18.4 Å². The van der Waals surface area contributed by atoms with Gasteiger partial charge in [-0.1, -0.05) is 57.0 Å². The van der Waals surface area contributed by atoms with Crippen LogP contribution in [0.4, 0.5) is 4.79 Å². The number of hydrogen-bond acceptors (Lipinski definition) is 3. The van der Waals surface area contributed by atoms with Gasteiger partial charge in [0.25, 0.3) is 0 Å². The van der Waals surface area contributed by atoms with Crippen LogP contribution in [0.1, 0.15) is 45.1 Å². The third-order valence-corrected chi connectivity index (χ3v) is 4.00. The summed E-state index contributed by atoms with van der Waals surface area (Å²) in [5, 5.41) is 1.71. The fourth-order valence-corrected chi connectivity index (χ4v) is 2.66. The zero-order valence-electron chi connectivity index (χ0n) is 13.0. The van der Waals surface area contributed by atoms with Crippen LogP contribution in [-0.4, -0.2) is 29.8 Å². The van der Waals surface area contributed by atoms with Crippen LogP contribution in [0.2, 0.25) is 0 Å². The van der Waals surface area contributed by atoms with Crippen molar-refractivity contribution in [1.82, 2.24) is 10.4 Å². The second-order valence-electron chi connectivity index (χ2n) is 5.67. The van der Waals surface area contributed by atoms with Crippen molar-refractivity contribution in [2.45, 2.75) is 58.0 Å². The molecule has 4 heteroatoms. The van der Waals surface area contributed by atoms with Gasteiger partial charge in [0.05, 0.1) is 6.04 Å². The fourth-order valence-electron chi connectivity index (χ4n) is 2.66. The molecule has 1 aromatic carbocycles. The average molecular weight is 290 g/mol. The van der Waals surface area contributed by atoms with Crippen molar-refractivity contribution >= 4 is 6.09 Å². The molecule has 0 bridgehead atoms. The first-order valence-corrected chi connectivity index (χ1v) is 8.00. The molecule has 1 aliphatic heterocycles. The van der Waals surface area contributed by atoms with E-state index in [0.717, 1.165) is 19.3 Å². The number of cyclic esters (lactones) is 1. The minimum atomic E-state index is -0.245. The number of benzene rings is 1. The SMILES string of the molecule is CCCC[C@H](CC)NN1C(=O)OC[C@@H]1Cc1ccccc1. The van der Waals surface area contributed by atoms with Crippen LogP contribution in [0.25, 0.3) is 0 Å². The lowest BCUT2D eigenvalue weighted by Gasteiger charge is -2.27. The molecular formula is C17H26N2O2. The Morgan fingerprint density at radius 1 is 1.33 bits per heavy atom. The predicted molar refractivity (Wildman–Crippen MR) is 83.9 cm³/mol. The summed E-state index contributed by atoms with van der Waals surface area (Å²) in [5.74, 6) is 0. The van der Waals surface area contributed by atoms with E-state index >= 15 is 0 Å². The lowest BCUT2D eigenvalue weighted by molar-refractivity contribution is 0.127. The molecule has 1 fully saturated rings. The monoisotopic (exact) mass is 290 g/mol. The van der Waals surface area contributed by atoms with E-state index in [1.54, 1.807) is 5.01 Å². The van der Waals surface area contributed by atoms with Gasteiger partial charge in [-0.2, -0.15) is 0 Å². The number of amides is 1. The molecule has 1 aliphatic rings. The van der Waals surface area contributed by atoms with Crippen molar-refractivity contribution in [2.75, 3.05) is 6.61 Å². The summed E-state index contributed by atoms with van der Waals surface area (Å²) in [6, 6.07) is 10.7. The number of carbonyl (C=O) groups excluding carboxylic acids is 1. The van der Waals surface area contributed by atoms with Crippen molar-refractivity contribution in [1.29, 1.82) is 0 Å². The van der Waals surface area contributed by atoms with Gasteiger partial charge < -0.3 is 4.74 Å². The number of rotatable bonds is 8.